The molecular formula is C19H15ClN2O. The Hall–Kier alpha value is -2.65. The van der Waals surface area contributed by atoms with Crippen LogP contribution in [0.1, 0.15) is 23.0 Å². The first-order valence-corrected chi connectivity index (χ1v) is 7.61. The SMILES string of the molecule is CC(=O)n1nc(-c2ccc(Cl)cc2)cc1/C=C/c1ccccc1. The van der Waals surface area contributed by atoms with Crippen molar-refractivity contribution in [1.29, 1.82) is 0 Å². The molecule has 3 aromatic rings. The van der Waals surface area contributed by atoms with Crippen molar-refractivity contribution >= 4 is 29.7 Å². The number of hydrogen-bond acceptors (Lipinski definition) is 2. The highest BCUT2D eigenvalue weighted by molar-refractivity contribution is 6.30. The molecule has 23 heavy (non-hydrogen) atoms. The molecule has 0 aliphatic heterocycles. The predicted octanol–water partition coefficient (Wildman–Crippen LogP) is 5.03. The maximum atomic E-state index is 11.8. The third-order valence-corrected chi connectivity index (χ3v) is 3.67. The number of aromatic nitrogens is 2. The highest BCUT2D eigenvalue weighted by Gasteiger charge is 2.10. The molecule has 0 unspecified atom stereocenters. The van der Waals surface area contributed by atoms with E-state index in [-0.39, 0.29) is 5.91 Å². The summed E-state index contributed by atoms with van der Waals surface area (Å²) >= 11 is 5.91. The lowest BCUT2D eigenvalue weighted by Crippen LogP contribution is -2.09. The molecular weight excluding hydrogens is 308 g/mol. The normalized spacial score (nSPS) is 11.0. The van der Waals surface area contributed by atoms with E-state index in [9.17, 15) is 4.79 Å². The maximum absolute atomic E-state index is 11.8. The van der Waals surface area contributed by atoms with Gasteiger partial charge in [0.1, 0.15) is 0 Å². The first-order chi connectivity index (χ1) is 11.1. The van der Waals surface area contributed by atoms with Gasteiger partial charge in [-0.2, -0.15) is 5.10 Å². The minimum Gasteiger partial charge on any atom is -0.273 e. The average molecular weight is 323 g/mol. The van der Waals surface area contributed by atoms with Gasteiger partial charge in [-0.25, -0.2) is 4.68 Å². The summed E-state index contributed by atoms with van der Waals surface area (Å²) in [6.07, 6.45) is 3.85. The van der Waals surface area contributed by atoms with E-state index < -0.39 is 0 Å². The lowest BCUT2D eigenvalue weighted by atomic mass is 10.1. The van der Waals surface area contributed by atoms with Gasteiger partial charge in [0, 0.05) is 17.5 Å². The van der Waals surface area contributed by atoms with Crippen LogP contribution >= 0.6 is 11.6 Å². The molecule has 0 saturated heterocycles. The minimum atomic E-state index is -0.127. The van der Waals surface area contributed by atoms with Crippen LogP contribution in [0.4, 0.5) is 0 Å². The van der Waals surface area contributed by atoms with Gasteiger partial charge in [-0.15, -0.1) is 0 Å². The van der Waals surface area contributed by atoms with Gasteiger partial charge in [0.25, 0.3) is 0 Å². The number of halogens is 1. The Morgan fingerprint density at radius 1 is 1.04 bits per heavy atom. The zero-order valence-corrected chi connectivity index (χ0v) is 13.4. The largest absolute Gasteiger partial charge is 0.273 e. The number of carbonyl (C=O) groups is 1. The van der Waals surface area contributed by atoms with Crippen LogP contribution in [0.15, 0.2) is 60.7 Å². The molecule has 0 spiro atoms. The van der Waals surface area contributed by atoms with Crippen LogP contribution in [-0.4, -0.2) is 15.7 Å². The summed E-state index contributed by atoms with van der Waals surface area (Å²) in [6.45, 7) is 1.50. The molecule has 0 aliphatic rings. The summed E-state index contributed by atoms with van der Waals surface area (Å²) in [6, 6.07) is 19.2. The van der Waals surface area contributed by atoms with Crippen molar-refractivity contribution in [3.63, 3.8) is 0 Å². The second-order valence-electron chi connectivity index (χ2n) is 5.14. The van der Waals surface area contributed by atoms with Crippen LogP contribution in [0.25, 0.3) is 23.4 Å². The van der Waals surface area contributed by atoms with E-state index in [0.29, 0.717) is 5.02 Å². The second-order valence-corrected chi connectivity index (χ2v) is 5.57. The zero-order chi connectivity index (χ0) is 16.2. The van der Waals surface area contributed by atoms with Gasteiger partial charge in [-0.05, 0) is 29.8 Å². The van der Waals surface area contributed by atoms with Crippen LogP contribution in [0, 0.1) is 0 Å². The molecule has 1 aromatic heterocycles. The predicted molar refractivity (Wildman–Crippen MR) is 94.3 cm³/mol. The van der Waals surface area contributed by atoms with Crippen LogP contribution in [0.2, 0.25) is 5.02 Å². The number of nitrogens with zero attached hydrogens (tertiary/aromatic N) is 2. The smallest absolute Gasteiger partial charge is 0.244 e. The molecule has 114 valence electrons. The zero-order valence-electron chi connectivity index (χ0n) is 12.6. The number of hydrogen-bond donors (Lipinski definition) is 0. The van der Waals surface area contributed by atoms with E-state index in [0.717, 1.165) is 22.5 Å². The fourth-order valence-electron chi connectivity index (χ4n) is 2.27. The molecule has 0 amide bonds. The topological polar surface area (TPSA) is 34.9 Å². The lowest BCUT2D eigenvalue weighted by Gasteiger charge is -1.98. The molecule has 0 atom stereocenters. The lowest BCUT2D eigenvalue weighted by molar-refractivity contribution is 0.0921. The Balaban J connectivity index is 1.98. The van der Waals surface area contributed by atoms with Crippen molar-refractivity contribution in [2.45, 2.75) is 6.92 Å². The first-order valence-electron chi connectivity index (χ1n) is 7.23. The van der Waals surface area contributed by atoms with Gasteiger partial charge >= 0.3 is 0 Å². The summed E-state index contributed by atoms with van der Waals surface area (Å²) in [7, 11) is 0. The molecule has 0 N–H and O–H groups in total. The number of rotatable bonds is 3. The fraction of sp³-hybridized carbons (Fsp3) is 0.0526. The quantitative estimate of drug-likeness (QED) is 0.677. The molecule has 3 rings (SSSR count). The number of benzene rings is 2. The highest BCUT2D eigenvalue weighted by Crippen LogP contribution is 2.22. The van der Waals surface area contributed by atoms with Crippen molar-refractivity contribution in [2.24, 2.45) is 0 Å². The van der Waals surface area contributed by atoms with Crippen molar-refractivity contribution in [1.82, 2.24) is 9.78 Å². The van der Waals surface area contributed by atoms with E-state index in [2.05, 4.69) is 5.10 Å². The molecule has 2 aromatic carbocycles. The van der Waals surface area contributed by atoms with Crippen LogP contribution in [-0.2, 0) is 0 Å². The second kappa shape index (κ2) is 6.63. The Kier molecular flexibility index (Phi) is 4.40. The summed E-state index contributed by atoms with van der Waals surface area (Å²) in [5.74, 6) is -0.127. The molecule has 4 heteroatoms. The van der Waals surface area contributed by atoms with E-state index in [1.165, 1.54) is 11.6 Å². The van der Waals surface area contributed by atoms with E-state index in [1.807, 2.05) is 72.8 Å². The van der Waals surface area contributed by atoms with Gasteiger partial charge in [0.05, 0.1) is 11.4 Å². The first kappa shape index (κ1) is 15.3. The van der Waals surface area contributed by atoms with Crippen molar-refractivity contribution in [3.05, 3.63) is 76.9 Å². The molecule has 3 nitrogen and oxygen atoms in total. The van der Waals surface area contributed by atoms with E-state index >= 15 is 0 Å². The van der Waals surface area contributed by atoms with E-state index in [1.54, 1.807) is 0 Å². The average Bonchev–Trinajstić information content (AvgIpc) is 2.99. The van der Waals surface area contributed by atoms with Gasteiger partial charge in [0.15, 0.2) is 0 Å². The molecule has 0 bridgehead atoms. The van der Waals surface area contributed by atoms with Crippen molar-refractivity contribution in [3.8, 4) is 11.3 Å². The van der Waals surface area contributed by atoms with E-state index in [4.69, 9.17) is 11.6 Å². The highest BCUT2D eigenvalue weighted by atomic mass is 35.5. The molecule has 1 heterocycles. The Morgan fingerprint density at radius 2 is 1.74 bits per heavy atom. The summed E-state index contributed by atoms with van der Waals surface area (Å²) in [5.41, 5.74) is 3.47. The van der Waals surface area contributed by atoms with Crippen LogP contribution < -0.4 is 0 Å². The van der Waals surface area contributed by atoms with Gasteiger partial charge in [-0.3, -0.25) is 4.79 Å². The minimum absolute atomic E-state index is 0.127. The standard InChI is InChI=1S/C19H15ClN2O/c1-14(23)22-18(12-7-15-5-3-2-4-6-15)13-19(21-22)16-8-10-17(20)11-9-16/h2-13H,1H3/b12-7+. The summed E-state index contributed by atoms with van der Waals surface area (Å²) in [5, 5.41) is 5.07. The molecule has 0 radical (unpaired) electrons. The molecule has 0 fully saturated rings. The van der Waals surface area contributed by atoms with Gasteiger partial charge in [-0.1, -0.05) is 60.1 Å². The summed E-state index contributed by atoms with van der Waals surface area (Å²) < 4.78 is 1.41. The maximum Gasteiger partial charge on any atom is 0.244 e. The van der Waals surface area contributed by atoms with Gasteiger partial charge < -0.3 is 0 Å². The molecule has 0 aliphatic carbocycles. The summed E-state index contributed by atoms with van der Waals surface area (Å²) in [4.78, 5) is 11.8. The third-order valence-electron chi connectivity index (χ3n) is 3.42. The van der Waals surface area contributed by atoms with Crippen LogP contribution in [0.5, 0.6) is 0 Å². The number of carbonyl (C=O) groups excluding carboxylic acids is 1. The van der Waals surface area contributed by atoms with Crippen molar-refractivity contribution < 1.29 is 4.79 Å². The third kappa shape index (κ3) is 3.58. The monoisotopic (exact) mass is 322 g/mol. The fourth-order valence-corrected chi connectivity index (χ4v) is 2.40. The van der Waals surface area contributed by atoms with Crippen LogP contribution in [0.3, 0.4) is 0 Å². The Morgan fingerprint density at radius 3 is 2.39 bits per heavy atom. The Bertz CT molecular complexity index is 849. The Labute approximate surface area is 139 Å². The van der Waals surface area contributed by atoms with Crippen molar-refractivity contribution in [2.75, 3.05) is 0 Å². The van der Waals surface area contributed by atoms with Gasteiger partial charge in [0.2, 0.25) is 5.91 Å². The molecule has 0 saturated carbocycles.